The van der Waals surface area contributed by atoms with Crippen LogP contribution in [-0.4, -0.2) is 18.6 Å². The molecular weight excluding hydrogens is 226 g/mol. The highest BCUT2D eigenvalue weighted by Crippen LogP contribution is 2.17. The van der Waals surface area contributed by atoms with Crippen LogP contribution < -0.4 is 5.32 Å². The maximum Gasteiger partial charge on any atom is 0.338 e. The third kappa shape index (κ3) is 4.06. The lowest BCUT2D eigenvalue weighted by atomic mass is 10.0. The van der Waals surface area contributed by atoms with E-state index >= 15 is 0 Å². The molecule has 1 N–H and O–H groups in total. The number of carbonyl (C=O) groups excluding carboxylic acids is 1. The number of carbonyl (C=O) groups is 1. The summed E-state index contributed by atoms with van der Waals surface area (Å²) in [4.78, 5) is 11.6. The maximum absolute atomic E-state index is 11.6. The minimum atomic E-state index is -0.265. The van der Waals surface area contributed by atoms with Crippen LogP contribution in [-0.2, 0) is 4.74 Å². The van der Waals surface area contributed by atoms with Crippen molar-refractivity contribution in [2.45, 2.75) is 40.2 Å². The lowest BCUT2D eigenvalue weighted by Crippen LogP contribution is -2.24. The molecule has 1 atom stereocenters. The van der Waals surface area contributed by atoms with Crippen LogP contribution in [0.2, 0.25) is 0 Å². The predicted octanol–water partition coefficient (Wildman–Crippen LogP) is 3.71. The molecule has 0 aliphatic heterocycles. The van der Waals surface area contributed by atoms with Gasteiger partial charge in [-0.05, 0) is 37.5 Å². The van der Waals surface area contributed by atoms with E-state index in [1.807, 2.05) is 25.1 Å². The first kappa shape index (κ1) is 14.6. The zero-order chi connectivity index (χ0) is 13.5. The van der Waals surface area contributed by atoms with Gasteiger partial charge in [0.05, 0.1) is 12.2 Å². The van der Waals surface area contributed by atoms with Gasteiger partial charge in [-0.25, -0.2) is 4.79 Å². The molecule has 0 spiro atoms. The Hall–Kier alpha value is -1.51. The van der Waals surface area contributed by atoms with Crippen LogP contribution in [0.5, 0.6) is 0 Å². The number of esters is 1. The summed E-state index contributed by atoms with van der Waals surface area (Å²) in [6.07, 6.45) is 1.06. The van der Waals surface area contributed by atoms with Crippen molar-refractivity contribution in [1.82, 2.24) is 0 Å². The fraction of sp³-hybridized carbons (Fsp3) is 0.533. The maximum atomic E-state index is 11.6. The highest BCUT2D eigenvalue weighted by atomic mass is 16.5. The molecule has 1 unspecified atom stereocenters. The quantitative estimate of drug-likeness (QED) is 0.781. The van der Waals surface area contributed by atoms with E-state index in [1.54, 1.807) is 6.07 Å². The van der Waals surface area contributed by atoms with Crippen LogP contribution in [0.1, 0.15) is 44.5 Å². The summed E-state index contributed by atoms with van der Waals surface area (Å²) in [5.41, 5.74) is 1.57. The molecule has 1 aromatic rings. The van der Waals surface area contributed by atoms with E-state index in [9.17, 15) is 4.79 Å². The van der Waals surface area contributed by atoms with Gasteiger partial charge in [0.25, 0.3) is 0 Å². The minimum absolute atomic E-state index is 0.265. The third-order valence-electron chi connectivity index (χ3n) is 2.97. The van der Waals surface area contributed by atoms with Gasteiger partial charge in [-0.1, -0.05) is 26.8 Å². The molecule has 0 saturated carbocycles. The Morgan fingerprint density at radius 2 is 2.06 bits per heavy atom. The minimum Gasteiger partial charge on any atom is -0.462 e. The molecule has 18 heavy (non-hydrogen) atoms. The van der Waals surface area contributed by atoms with Gasteiger partial charge in [-0.15, -0.1) is 0 Å². The molecule has 0 amide bonds. The molecule has 100 valence electrons. The Kier molecular flexibility index (Phi) is 5.69. The van der Waals surface area contributed by atoms with Crippen LogP contribution in [0.4, 0.5) is 5.69 Å². The summed E-state index contributed by atoms with van der Waals surface area (Å²) in [5, 5.41) is 3.46. The first-order valence-electron chi connectivity index (χ1n) is 6.62. The average molecular weight is 249 g/mol. The average Bonchev–Trinajstić information content (AvgIpc) is 2.36. The van der Waals surface area contributed by atoms with Crippen molar-refractivity contribution in [3.05, 3.63) is 29.8 Å². The zero-order valence-electron chi connectivity index (χ0n) is 11.7. The SMILES string of the molecule is CCOC(=O)c1cccc(NC(CC)C(C)C)c1. The first-order chi connectivity index (χ1) is 8.58. The van der Waals surface area contributed by atoms with Gasteiger partial charge in [-0.3, -0.25) is 0 Å². The molecule has 0 heterocycles. The Balaban J connectivity index is 2.78. The van der Waals surface area contributed by atoms with Crippen LogP contribution in [0.25, 0.3) is 0 Å². The molecule has 0 bridgehead atoms. The van der Waals surface area contributed by atoms with Crippen molar-refractivity contribution in [3.63, 3.8) is 0 Å². The normalized spacial score (nSPS) is 12.3. The van der Waals surface area contributed by atoms with E-state index in [0.29, 0.717) is 24.1 Å². The molecule has 0 aliphatic rings. The number of nitrogens with one attached hydrogen (secondary N) is 1. The standard InChI is InChI=1S/C15H23NO2/c1-5-14(11(3)4)16-13-9-7-8-12(10-13)15(17)18-6-2/h7-11,14,16H,5-6H2,1-4H3. The molecule has 3 nitrogen and oxygen atoms in total. The Labute approximate surface area is 110 Å². The van der Waals surface area contributed by atoms with Gasteiger partial charge in [0.15, 0.2) is 0 Å². The Morgan fingerprint density at radius 3 is 2.61 bits per heavy atom. The number of hydrogen-bond acceptors (Lipinski definition) is 3. The lowest BCUT2D eigenvalue weighted by Gasteiger charge is -2.22. The summed E-state index contributed by atoms with van der Waals surface area (Å²) in [6.45, 7) is 8.76. The zero-order valence-corrected chi connectivity index (χ0v) is 11.7. The van der Waals surface area contributed by atoms with Gasteiger partial charge in [0.1, 0.15) is 0 Å². The van der Waals surface area contributed by atoms with Crippen molar-refractivity contribution in [2.24, 2.45) is 5.92 Å². The summed E-state index contributed by atoms with van der Waals surface area (Å²) in [7, 11) is 0. The first-order valence-corrected chi connectivity index (χ1v) is 6.62. The fourth-order valence-corrected chi connectivity index (χ4v) is 1.90. The van der Waals surface area contributed by atoms with E-state index < -0.39 is 0 Å². The van der Waals surface area contributed by atoms with Crippen molar-refractivity contribution >= 4 is 11.7 Å². The summed E-state index contributed by atoms with van der Waals surface area (Å²) >= 11 is 0. The highest BCUT2D eigenvalue weighted by molar-refractivity contribution is 5.90. The molecule has 1 aromatic carbocycles. The van der Waals surface area contributed by atoms with Crippen molar-refractivity contribution in [2.75, 3.05) is 11.9 Å². The third-order valence-corrected chi connectivity index (χ3v) is 2.97. The fourth-order valence-electron chi connectivity index (χ4n) is 1.90. The summed E-state index contributed by atoms with van der Waals surface area (Å²) in [6, 6.07) is 7.90. The van der Waals surface area contributed by atoms with Gasteiger partial charge < -0.3 is 10.1 Å². The van der Waals surface area contributed by atoms with Crippen molar-refractivity contribution in [3.8, 4) is 0 Å². The molecule has 1 rings (SSSR count). The Bertz CT molecular complexity index is 388. The van der Waals surface area contributed by atoms with E-state index in [0.717, 1.165) is 12.1 Å². The van der Waals surface area contributed by atoms with Crippen molar-refractivity contribution < 1.29 is 9.53 Å². The van der Waals surface area contributed by atoms with E-state index in [1.165, 1.54) is 0 Å². The number of rotatable bonds is 6. The van der Waals surface area contributed by atoms with E-state index in [-0.39, 0.29) is 5.97 Å². The number of anilines is 1. The van der Waals surface area contributed by atoms with E-state index in [4.69, 9.17) is 4.74 Å². The van der Waals surface area contributed by atoms with Gasteiger partial charge in [-0.2, -0.15) is 0 Å². The molecule has 0 saturated heterocycles. The second-order valence-electron chi connectivity index (χ2n) is 4.70. The second-order valence-corrected chi connectivity index (χ2v) is 4.70. The number of ether oxygens (including phenoxy) is 1. The van der Waals surface area contributed by atoms with Gasteiger partial charge in [0, 0.05) is 11.7 Å². The topological polar surface area (TPSA) is 38.3 Å². The van der Waals surface area contributed by atoms with Crippen LogP contribution in [0.3, 0.4) is 0 Å². The molecular formula is C15H23NO2. The van der Waals surface area contributed by atoms with Gasteiger partial charge >= 0.3 is 5.97 Å². The van der Waals surface area contributed by atoms with E-state index in [2.05, 4.69) is 26.1 Å². The Morgan fingerprint density at radius 1 is 1.33 bits per heavy atom. The molecule has 3 heteroatoms. The summed E-state index contributed by atoms with van der Waals surface area (Å²) in [5.74, 6) is 0.292. The lowest BCUT2D eigenvalue weighted by molar-refractivity contribution is 0.0526. The van der Waals surface area contributed by atoms with Crippen molar-refractivity contribution in [1.29, 1.82) is 0 Å². The van der Waals surface area contributed by atoms with Crippen LogP contribution in [0, 0.1) is 5.92 Å². The highest BCUT2D eigenvalue weighted by Gasteiger charge is 2.12. The molecule has 0 radical (unpaired) electrons. The molecule has 0 aliphatic carbocycles. The molecule has 0 fully saturated rings. The van der Waals surface area contributed by atoms with Crippen LogP contribution in [0.15, 0.2) is 24.3 Å². The van der Waals surface area contributed by atoms with Gasteiger partial charge in [0.2, 0.25) is 0 Å². The molecule has 0 aromatic heterocycles. The number of hydrogen-bond donors (Lipinski definition) is 1. The second kappa shape index (κ2) is 7.04. The monoisotopic (exact) mass is 249 g/mol. The number of benzene rings is 1. The summed E-state index contributed by atoms with van der Waals surface area (Å²) < 4.78 is 4.99. The smallest absolute Gasteiger partial charge is 0.338 e. The van der Waals surface area contributed by atoms with Crippen LogP contribution >= 0.6 is 0 Å². The predicted molar refractivity (Wildman–Crippen MR) is 74.9 cm³/mol. The largest absolute Gasteiger partial charge is 0.462 e.